The Morgan fingerprint density at radius 1 is 1.22 bits per heavy atom. The minimum absolute atomic E-state index is 0.00367. The Labute approximate surface area is 106 Å². The summed E-state index contributed by atoms with van der Waals surface area (Å²) in [6.07, 6.45) is 0. The number of nitrogens with one attached hydrogen (secondary N) is 1. The van der Waals surface area contributed by atoms with Crippen LogP contribution in [0.3, 0.4) is 0 Å². The van der Waals surface area contributed by atoms with Crippen LogP contribution in [0.1, 0.15) is 11.5 Å². The Hall–Kier alpha value is -2.23. The molecule has 0 saturated heterocycles. The topological polar surface area (TPSA) is 51.5 Å². The summed E-state index contributed by atoms with van der Waals surface area (Å²) >= 11 is 0. The summed E-state index contributed by atoms with van der Waals surface area (Å²) in [7, 11) is 0. The van der Waals surface area contributed by atoms with Crippen LogP contribution in [0, 0.1) is 6.92 Å². The third-order valence-electron chi connectivity index (χ3n) is 2.37. The smallest absolute Gasteiger partial charge is 0.258 e. The summed E-state index contributed by atoms with van der Waals surface area (Å²) in [4.78, 5) is 11.5. The Kier molecular flexibility index (Phi) is 4.02. The molecule has 1 N–H and O–H groups in total. The van der Waals surface area contributed by atoms with E-state index in [1.165, 1.54) is 0 Å². The van der Waals surface area contributed by atoms with Crippen LogP contribution in [0.15, 0.2) is 46.9 Å². The molecule has 1 aromatic carbocycles. The van der Waals surface area contributed by atoms with E-state index in [1.54, 1.807) is 0 Å². The molecule has 1 amide bonds. The van der Waals surface area contributed by atoms with Gasteiger partial charge in [0.05, 0.1) is 6.54 Å². The van der Waals surface area contributed by atoms with Crippen LogP contribution in [0.4, 0.5) is 0 Å². The van der Waals surface area contributed by atoms with E-state index in [4.69, 9.17) is 9.15 Å². The summed E-state index contributed by atoms with van der Waals surface area (Å²) in [5.74, 6) is 2.08. The molecule has 0 aliphatic heterocycles. The average Bonchev–Trinajstić information content (AvgIpc) is 2.81. The van der Waals surface area contributed by atoms with Crippen molar-refractivity contribution in [2.24, 2.45) is 0 Å². The normalized spacial score (nSPS) is 10.1. The molecule has 0 radical (unpaired) electrons. The number of hydrogen-bond donors (Lipinski definition) is 1. The predicted molar refractivity (Wildman–Crippen MR) is 67.2 cm³/mol. The van der Waals surface area contributed by atoms with Crippen molar-refractivity contribution in [1.82, 2.24) is 5.32 Å². The van der Waals surface area contributed by atoms with Crippen molar-refractivity contribution in [2.75, 3.05) is 6.61 Å². The number of carbonyl (C=O) groups excluding carboxylic acids is 1. The van der Waals surface area contributed by atoms with Crippen molar-refractivity contribution in [2.45, 2.75) is 13.5 Å². The van der Waals surface area contributed by atoms with Crippen molar-refractivity contribution < 1.29 is 13.9 Å². The van der Waals surface area contributed by atoms with E-state index in [-0.39, 0.29) is 12.5 Å². The highest BCUT2D eigenvalue weighted by molar-refractivity contribution is 5.77. The van der Waals surface area contributed by atoms with Crippen molar-refractivity contribution in [1.29, 1.82) is 0 Å². The van der Waals surface area contributed by atoms with Gasteiger partial charge in [0.25, 0.3) is 5.91 Å². The quantitative estimate of drug-likeness (QED) is 0.879. The first-order valence-electron chi connectivity index (χ1n) is 5.74. The fraction of sp³-hybridized carbons (Fsp3) is 0.214. The van der Waals surface area contributed by atoms with E-state index in [0.29, 0.717) is 12.3 Å². The van der Waals surface area contributed by atoms with Crippen molar-refractivity contribution in [3.63, 3.8) is 0 Å². The number of furan rings is 1. The second kappa shape index (κ2) is 5.91. The number of ether oxygens (including phenoxy) is 1. The number of hydrogen-bond acceptors (Lipinski definition) is 3. The van der Waals surface area contributed by atoms with Crippen LogP contribution >= 0.6 is 0 Å². The van der Waals surface area contributed by atoms with Crippen LogP contribution in [0.25, 0.3) is 0 Å². The molecule has 18 heavy (non-hydrogen) atoms. The fourth-order valence-corrected chi connectivity index (χ4v) is 1.48. The number of benzene rings is 1. The molecule has 0 aliphatic rings. The largest absolute Gasteiger partial charge is 0.484 e. The van der Waals surface area contributed by atoms with Crippen molar-refractivity contribution >= 4 is 5.91 Å². The summed E-state index contributed by atoms with van der Waals surface area (Å²) in [6.45, 7) is 2.25. The summed E-state index contributed by atoms with van der Waals surface area (Å²) in [5.41, 5.74) is 0. The molecule has 0 aliphatic carbocycles. The minimum Gasteiger partial charge on any atom is -0.484 e. The van der Waals surface area contributed by atoms with Gasteiger partial charge in [-0.1, -0.05) is 18.2 Å². The van der Waals surface area contributed by atoms with E-state index < -0.39 is 0 Å². The van der Waals surface area contributed by atoms with Gasteiger partial charge in [-0.2, -0.15) is 0 Å². The average molecular weight is 245 g/mol. The van der Waals surface area contributed by atoms with Gasteiger partial charge in [0.1, 0.15) is 17.3 Å². The highest BCUT2D eigenvalue weighted by atomic mass is 16.5. The first kappa shape index (κ1) is 12.2. The second-order valence-corrected chi connectivity index (χ2v) is 3.89. The monoisotopic (exact) mass is 245 g/mol. The molecule has 4 nitrogen and oxygen atoms in total. The highest BCUT2D eigenvalue weighted by Crippen LogP contribution is 2.08. The van der Waals surface area contributed by atoms with E-state index in [1.807, 2.05) is 49.4 Å². The maximum atomic E-state index is 11.5. The Morgan fingerprint density at radius 3 is 2.67 bits per heavy atom. The Balaban J connectivity index is 1.73. The Morgan fingerprint density at radius 2 is 2.00 bits per heavy atom. The lowest BCUT2D eigenvalue weighted by molar-refractivity contribution is -0.123. The van der Waals surface area contributed by atoms with Gasteiger partial charge in [-0.05, 0) is 31.2 Å². The zero-order chi connectivity index (χ0) is 12.8. The van der Waals surface area contributed by atoms with E-state index >= 15 is 0 Å². The summed E-state index contributed by atoms with van der Waals surface area (Å²) < 4.78 is 10.7. The van der Waals surface area contributed by atoms with E-state index in [0.717, 1.165) is 11.5 Å². The molecule has 2 rings (SSSR count). The molecule has 0 atom stereocenters. The first-order valence-corrected chi connectivity index (χ1v) is 5.74. The highest BCUT2D eigenvalue weighted by Gasteiger charge is 2.04. The molecule has 4 heteroatoms. The number of rotatable bonds is 5. The molecular formula is C14H15NO3. The second-order valence-electron chi connectivity index (χ2n) is 3.89. The SMILES string of the molecule is Cc1ccc(CNC(=O)COc2ccccc2)o1. The molecule has 2 aromatic rings. The molecule has 0 unspecified atom stereocenters. The maximum Gasteiger partial charge on any atom is 0.258 e. The number of aryl methyl sites for hydroxylation is 1. The van der Waals surface area contributed by atoms with Crippen LogP contribution < -0.4 is 10.1 Å². The maximum absolute atomic E-state index is 11.5. The van der Waals surface area contributed by atoms with Crippen LogP contribution in [0.5, 0.6) is 5.75 Å². The van der Waals surface area contributed by atoms with Gasteiger partial charge in [0.2, 0.25) is 0 Å². The fourth-order valence-electron chi connectivity index (χ4n) is 1.48. The predicted octanol–water partition coefficient (Wildman–Crippen LogP) is 2.28. The zero-order valence-corrected chi connectivity index (χ0v) is 10.2. The molecule has 0 saturated carbocycles. The minimum atomic E-state index is -0.173. The first-order chi connectivity index (χ1) is 8.74. The van der Waals surface area contributed by atoms with Gasteiger partial charge < -0.3 is 14.5 Å². The molecule has 1 heterocycles. The summed E-state index contributed by atoms with van der Waals surface area (Å²) in [6, 6.07) is 12.9. The number of amides is 1. The third-order valence-corrected chi connectivity index (χ3v) is 2.37. The number of para-hydroxylation sites is 1. The molecule has 0 bridgehead atoms. The van der Waals surface area contributed by atoms with Crippen molar-refractivity contribution in [3.05, 3.63) is 54.0 Å². The van der Waals surface area contributed by atoms with Crippen LogP contribution in [0.2, 0.25) is 0 Å². The molecule has 94 valence electrons. The third kappa shape index (κ3) is 3.66. The lowest BCUT2D eigenvalue weighted by Gasteiger charge is -2.06. The van der Waals surface area contributed by atoms with Gasteiger partial charge in [-0.3, -0.25) is 4.79 Å². The van der Waals surface area contributed by atoms with Crippen molar-refractivity contribution in [3.8, 4) is 5.75 Å². The van der Waals surface area contributed by atoms with Crippen LogP contribution in [-0.4, -0.2) is 12.5 Å². The molecule has 0 fully saturated rings. The summed E-state index contributed by atoms with van der Waals surface area (Å²) in [5, 5.41) is 2.72. The molecule has 1 aromatic heterocycles. The number of carbonyl (C=O) groups is 1. The van der Waals surface area contributed by atoms with Gasteiger partial charge in [0, 0.05) is 0 Å². The van der Waals surface area contributed by atoms with Gasteiger partial charge >= 0.3 is 0 Å². The standard InChI is InChI=1S/C14H15NO3/c1-11-7-8-13(18-11)9-15-14(16)10-17-12-5-3-2-4-6-12/h2-8H,9-10H2,1H3,(H,15,16). The lowest BCUT2D eigenvalue weighted by atomic mass is 10.3. The molecular weight excluding hydrogens is 230 g/mol. The van der Waals surface area contributed by atoms with E-state index in [9.17, 15) is 4.79 Å². The van der Waals surface area contributed by atoms with Gasteiger partial charge in [-0.15, -0.1) is 0 Å². The lowest BCUT2D eigenvalue weighted by Crippen LogP contribution is -2.28. The zero-order valence-electron chi connectivity index (χ0n) is 10.2. The van der Waals surface area contributed by atoms with Crippen LogP contribution in [-0.2, 0) is 11.3 Å². The van der Waals surface area contributed by atoms with E-state index in [2.05, 4.69) is 5.32 Å². The van der Waals surface area contributed by atoms with Gasteiger partial charge in [-0.25, -0.2) is 0 Å². The van der Waals surface area contributed by atoms with Gasteiger partial charge in [0.15, 0.2) is 6.61 Å². The molecule has 0 spiro atoms. The Bertz CT molecular complexity index is 505.